The number of rotatable bonds is 5. The quantitative estimate of drug-likeness (QED) is 0.758. The van der Waals surface area contributed by atoms with Crippen molar-refractivity contribution in [3.8, 4) is 0 Å². The van der Waals surface area contributed by atoms with Gasteiger partial charge in [0.2, 0.25) is 0 Å². The largest absolute Gasteiger partial charge is 0.478 e. The summed E-state index contributed by atoms with van der Waals surface area (Å²) >= 11 is 5.76. The summed E-state index contributed by atoms with van der Waals surface area (Å²) in [6.07, 6.45) is 0.672. The van der Waals surface area contributed by atoms with Gasteiger partial charge in [-0.05, 0) is 31.5 Å². The summed E-state index contributed by atoms with van der Waals surface area (Å²) in [4.78, 5) is 11.1. The number of benzene rings is 1. The van der Waals surface area contributed by atoms with Gasteiger partial charge in [0.1, 0.15) is 0 Å². The van der Waals surface area contributed by atoms with Crippen LogP contribution in [0.25, 0.3) is 0 Å². The van der Waals surface area contributed by atoms with E-state index in [-0.39, 0.29) is 12.2 Å². The predicted molar refractivity (Wildman–Crippen MR) is 67.8 cm³/mol. The van der Waals surface area contributed by atoms with Gasteiger partial charge >= 0.3 is 5.97 Å². The van der Waals surface area contributed by atoms with Gasteiger partial charge in [0, 0.05) is 10.7 Å². The normalized spacial score (nSPS) is 14.1. The molecule has 94 valence electrons. The summed E-state index contributed by atoms with van der Waals surface area (Å²) in [5.41, 5.74) is 0.0174. The van der Waals surface area contributed by atoms with Gasteiger partial charge in [-0.25, -0.2) is 4.79 Å². The van der Waals surface area contributed by atoms with Crippen molar-refractivity contribution in [1.29, 1.82) is 0 Å². The van der Waals surface area contributed by atoms with Gasteiger partial charge in [-0.2, -0.15) is 0 Å². The number of aliphatic hydroxyl groups excluding tert-OH is 1. The molecule has 0 bridgehead atoms. The van der Waals surface area contributed by atoms with Crippen LogP contribution in [0.5, 0.6) is 0 Å². The first-order chi connectivity index (χ1) is 7.91. The van der Waals surface area contributed by atoms with Crippen molar-refractivity contribution in [3.05, 3.63) is 28.8 Å². The van der Waals surface area contributed by atoms with Crippen LogP contribution in [0.15, 0.2) is 18.2 Å². The second-order valence-electron chi connectivity index (χ2n) is 4.19. The van der Waals surface area contributed by atoms with Gasteiger partial charge in [-0.1, -0.05) is 18.5 Å². The van der Waals surface area contributed by atoms with Crippen LogP contribution in [0.3, 0.4) is 0 Å². The molecule has 5 heteroatoms. The van der Waals surface area contributed by atoms with Crippen LogP contribution < -0.4 is 5.32 Å². The number of carboxylic acid groups (broad SMARTS) is 1. The lowest BCUT2D eigenvalue weighted by Crippen LogP contribution is -2.38. The SMILES string of the molecule is CCC(C)(CO)Nc1ccc(Cl)cc1C(=O)O. The van der Waals surface area contributed by atoms with E-state index in [0.717, 1.165) is 0 Å². The number of carbonyl (C=O) groups is 1. The minimum Gasteiger partial charge on any atom is -0.478 e. The Labute approximate surface area is 105 Å². The van der Waals surface area contributed by atoms with Gasteiger partial charge in [0.25, 0.3) is 0 Å². The number of nitrogens with one attached hydrogen (secondary N) is 1. The van der Waals surface area contributed by atoms with Gasteiger partial charge in [-0.3, -0.25) is 0 Å². The highest BCUT2D eigenvalue weighted by Gasteiger charge is 2.23. The Morgan fingerprint density at radius 2 is 2.18 bits per heavy atom. The molecule has 0 saturated carbocycles. The van der Waals surface area contributed by atoms with Gasteiger partial charge < -0.3 is 15.5 Å². The predicted octanol–water partition coefficient (Wildman–Crippen LogP) is 2.61. The molecule has 0 saturated heterocycles. The first-order valence-corrected chi connectivity index (χ1v) is 5.71. The average molecular weight is 258 g/mol. The van der Waals surface area contributed by atoms with Crippen LogP contribution in [0.1, 0.15) is 30.6 Å². The van der Waals surface area contributed by atoms with Gasteiger partial charge in [-0.15, -0.1) is 0 Å². The highest BCUT2D eigenvalue weighted by molar-refractivity contribution is 6.31. The minimum atomic E-state index is -1.05. The Bertz CT molecular complexity index is 416. The van der Waals surface area contributed by atoms with Crippen molar-refractivity contribution >= 4 is 23.3 Å². The molecular formula is C12H16ClNO3. The molecule has 4 nitrogen and oxygen atoms in total. The minimum absolute atomic E-state index is 0.0782. The molecule has 1 aromatic rings. The summed E-state index contributed by atoms with van der Waals surface area (Å²) in [7, 11) is 0. The molecule has 0 heterocycles. The van der Waals surface area contributed by atoms with Crippen molar-refractivity contribution in [2.24, 2.45) is 0 Å². The smallest absolute Gasteiger partial charge is 0.337 e. The third-order valence-corrected chi connectivity index (χ3v) is 3.01. The van der Waals surface area contributed by atoms with E-state index in [0.29, 0.717) is 17.1 Å². The topological polar surface area (TPSA) is 69.6 Å². The fraction of sp³-hybridized carbons (Fsp3) is 0.417. The van der Waals surface area contributed by atoms with Crippen LogP contribution in [-0.4, -0.2) is 28.3 Å². The molecule has 17 heavy (non-hydrogen) atoms. The molecule has 0 aromatic heterocycles. The summed E-state index contributed by atoms with van der Waals surface area (Å²) in [6.45, 7) is 3.66. The third kappa shape index (κ3) is 3.35. The third-order valence-electron chi connectivity index (χ3n) is 2.78. The zero-order valence-corrected chi connectivity index (χ0v) is 10.6. The zero-order chi connectivity index (χ0) is 13.1. The van der Waals surface area contributed by atoms with E-state index in [1.807, 2.05) is 13.8 Å². The lowest BCUT2D eigenvalue weighted by Gasteiger charge is -2.29. The second kappa shape index (κ2) is 5.38. The lowest BCUT2D eigenvalue weighted by atomic mass is 9.99. The number of hydrogen-bond donors (Lipinski definition) is 3. The summed E-state index contributed by atoms with van der Waals surface area (Å²) in [5, 5.41) is 21.8. The molecule has 0 fully saturated rings. The van der Waals surface area contributed by atoms with E-state index in [4.69, 9.17) is 16.7 Å². The Balaban J connectivity index is 3.10. The highest BCUT2D eigenvalue weighted by atomic mass is 35.5. The molecule has 0 aliphatic carbocycles. The first-order valence-electron chi connectivity index (χ1n) is 5.34. The number of aliphatic hydroxyl groups is 1. The van der Waals surface area contributed by atoms with Crippen molar-refractivity contribution in [1.82, 2.24) is 0 Å². The van der Waals surface area contributed by atoms with Crippen LogP contribution >= 0.6 is 11.6 Å². The Kier molecular flexibility index (Phi) is 4.37. The van der Waals surface area contributed by atoms with Crippen molar-refractivity contribution in [3.63, 3.8) is 0 Å². The van der Waals surface area contributed by atoms with E-state index < -0.39 is 11.5 Å². The number of halogens is 1. The number of hydrogen-bond acceptors (Lipinski definition) is 3. The van der Waals surface area contributed by atoms with Gasteiger partial charge in [0.15, 0.2) is 0 Å². The first kappa shape index (κ1) is 13.8. The van der Waals surface area contributed by atoms with Crippen molar-refractivity contribution in [2.45, 2.75) is 25.8 Å². The molecule has 0 aliphatic heterocycles. The summed E-state index contributed by atoms with van der Waals surface area (Å²) < 4.78 is 0. The Morgan fingerprint density at radius 1 is 1.53 bits per heavy atom. The monoisotopic (exact) mass is 257 g/mol. The van der Waals surface area contributed by atoms with Crippen molar-refractivity contribution in [2.75, 3.05) is 11.9 Å². The van der Waals surface area contributed by atoms with E-state index in [1.165, 1.54) is 6.07 Å². The summed E-state index contributed by atoms with van der Waals surface area (Å²) in [5.74, 6) is -1.05. The molecule has 0 amide bonds. The molecule has 0 spiro atoms. The number of anilines is 1. The zero-order valence-electron chi connectivity index (χ0n) is 9.83. The molecule has 1 aromatic carbocycles. The lowest BCUT2D eigenvalue weighted by molar-refractivity contribution is 0.0697. The Morgan fingerprint density at radius 3 is 2.65 bits per heavy atom. The second-order valence-corrected chi connectivity index (χ2v) is 4.63. The fourth-order valence-electron chi connectivity index (χ4n) is 1.37. The van der Waals surface area contributed by atoms with E-state index in [1.54, 1.807) is 12.1 Å². The van der Waals surface area contributed by atoms with E-state index >= 15 is 0 Å². The van der Waals surface area contributed by atoms with Gasteiger partial charge in [0.05, 0.1) is 17.7 Å². The van der Waals surface area contributed by atoms with E-state index in [9.17, 15) is 9.90 Å². The average Bonchev–Trinajstić information content (AvgIpc) is 2.31. The molecule has 0 radical (unpaired) electrons. The maximum atomic E-state index is 11.1. The summed E-state index contributed by atoms with van der Waals surface area (Å²) in [6, 6.07) is 4.61. The molecule has 0 aliphatic rings. The molecule has 1 atom stereocenters. The molecule has 1 rings (SSSR count). The number of carboxylic acids is 1. The Hall–Kier alpha value is -1.26. The van der Waals surface area contributed by atoms with E-state index in [2.05, 4.69) is 5.32 Å². The van der Waals surface area contributed by atoms with Crippen molar-refractivity contribution < 1.29 is 15.0 Å². The molecule has 3 N–H and O–H groups in total. The maximum absolute atomic E-state index is 11.1. The van der Waals surface area contributed by atoms with Crippen LogP contribution in [0, 0.1) is 0 Å². The van der Waals surface area contributed by atoms with Crippen LogP contribution in [-0.2, 0) is 0 Å². The maximum Gasteiger partial charge on any atom is 0.337 e. The number of aromatic carboxylic acids is 1. The van der Waals surface area contributed by atoms with Crippen LogP contribution in [0.2, 0.25) is 5.02 Å². The molecular weight excluding hydrogens is 242 g/mol. The standard InChI is InChI=1S/C12H16ClNO3/c1-3-12(2,7-15)14-10-5-4-8(13)6-9(10)11(16)17/h4-6,14-15H,3,7H2,1-2H3,(H,16,17). The fourth-order valence-corrected chi connectivity index (χ4v) is 1.54. The van der Waals surface area contributed by atoms with Crippen LogP contribution in [0.4, 0.5) is 5.69 Å². The molecule has 1 unspecified atom stereocenters. The highest BCUT2D eigenvalue weighted by Crippen LogP contribution is 2.25.